The van der Waals surface area contributed by atoms with Crippen molar-refractivity contribution in [3.8, 4) is 0 Å². The van der Waals surface area contributed by atoms with Crippen molar-refractivity contribution in [2.45, 2.75) is 19.0 Å². The number of halogens is 2. The fourth-order valence-electron chi connectivity index (χ4n) is 1.74. The van der Waals surface area contributed by atoms with Crippen molar-refractivity contribution < 1.29 is 18.7 Å². The topological polar surface area (TPSA) is 52.6 Å². The Morgan fingerprint density at radius 3 is 2.47 bits per heavy atom. The number of likely N-dealkylation sites (N-methyl/N-ethyl adjacent to an activating group) is 1. The summed E-state index contributed by atoms with van der Waals surface area (Å²) in [5, 5.41) is 11.7. The van der Waals surface area contributed by atoms with Crippen LogP contribution in [0.2, 0.25) is 0 Å². The first kappa shape index (κ1) is 15.5. The zero-order valence-electron chi connectivity index (χ0n) is 10.7. The lowest BCUT2D eigenvalue weighted by Crippen LogP contribution is -2.48. The van der Waals surface area contributed by atoms with E-state index in [0.29, 0.717) is 0 Å². The zero-order valence-corrected chi connectivity index (χ0v) is 10.7. The van der Waals surface area contributed by atoms with Gasteiger partial charge in [-0.15, -0.1) is 0 Å². The van der Waals surface area contributed by atoms with Crippen LogP contribution < -0.4 is 5.32 Å². The second-order valence-electron chi connectivity index (χ2n) is 4.12. The molecule has 0 radical (unpaired) electrons. The van der Waals surface area contributed by atoms with Crippen molar-refractivity contribution in [1.29, 1.82) is 0 Å². The highest BCUT2D eigenvalue weighted by molar-refractivity contribution is 5.78. The Kier molecular flexibility index (Phi) is 6.38. The largest absolute Gasteiger partial charge is 0.394 e. The summed E-state index contributed by atoms with van der Waals surface area (Å²) >= 11 is 0. The van der Waals surface area contributed by atoms with Crippen molar-refractivity contribution in [2.75, 3.05) is 20.2 Å². The van der Waals surface area contributed by atoms with Gasteiger partial charge in [-0.1, -0.05) is 30.3 Å². The molecule has 19 heavy (non-hydrogen) atoms. The maximum absolute atomic E-state index is 12.9. The summed E-state index contributed by atoms with van der Waals surface area (Å²) in [6, 6.07) is 7.36. The Morgan fingerprint density at radius 1 is 1.37 bits per heavy atom. The Labute approximate surface area is 111 Å². The van der Waals surface area contributed by atoms with Crippen LogP contribution >= 0.6 is 0 Å². The Bertz CT molecular complexity index is 387. The summed E-state index contributed by atoms with van der Waals surface area (Å²) in [7, 11) is 1.56. The van der Waals surface area contributed by atoms with E-state index in [9.17, 15) is 13.6 Å². The van der Waals surface area contributed by atoms with Gasteiger partial charge in [-0.2, -0.15) is 0 Å². The first-order chi connectivity index (χ1) is 9.10. The van der Waals surface area contributed by atoms with Crippen molar-refractivity contribution in [1.82, 2.24) is 10.2 Å². The highest BCUT2D eigenvalue weighted by atomic mass is 19.3. The summed E-state index contributed by atoms with van der Waals surface area (Å²) in [6.45, 7) is -0.757. The highest BCUT2D eigenvalue weighted by Crippen LogP contribution is 2.14. The lowest BCUT2D eigenvalue weighted by atomic mass is 10.1. The van der Waals surface area contributed by atoms with E-state index < -0.39 is 25.0 Å². The second-order valence-corrected chi connectivity index (χ2v) is 4.12. The van der Waals surface area contributed by atoms with Crippen LogP contribution in [0.5, 0.6) is 0 Å². The Balaban J connectivity index is 2.88. The average Bonchev–Trinajstić information content (AvgIpc) is 2.39. The number of carbonyl (C=O) groups is 1. The SMILES string of the molecule is CNCC(=O)N(Cc1ccccc1)C(CO)C(F)F. The number of amides is 1. The van der Waals surface area contributed by atoms with E-state index in [4.69, 9.17) is 5.11 Å². The lowest BCUT2D eigenvalue weighted by Gasteiger charge is -2.30. The molecule has 0 spiro atoms. The van der Waals surface area contributed by atoms with Gasteiger partial charge in [-0.05, 0) is 12.6 Å². The van der Waals surface area contributed by atoms with Crippen LogP contribution in [0, 0.1) is 0 Å². The van der Waals surface area contributed by atoms with Crippen LogP contribution in [0.3, 0.4) is 0 Å². The van der Waals surface area contributed by atoms with Gasteiger partial charge < -0.3 is 15.3 Å². The molecule has 0 fully saturated rings. The Morgan fingerprint density at radius 2 is 2.00 bits per heavy atom. The maximum atomic E-state index is 12.9. The molecule has 0 aliphatic rings. The molecule has 0 bridgehead atoms. The Hall–Kier alpha value is -1.53. The monoisotopic (exact) mass is 272 g/mol. The first-order valence-corrected chi connectivity index (χ1v) is 5.97. The number of alkyl halides is 2. The van der Waals surface area contributed by atoms with Crippen LogP contribution in [0.1, 0.15) is 5.56 Å². The number of rotatable bonds is 7. The number of benzene rings is 1. The van der Waals surface area contributed by atoms with E-state index >= 15 is 0 Å². The third kappa shape index (κ3) is 4.57. The molecule has 106 valence electrons. The molecule has 0 aliphatic heterocycles. The molecule has 4 nitrogen and oxygen atoms in total. The number of nitrogens with one attached hydrogen (secondary N) is 1. The normalized spacial score (nSPS) is 12.5. The van der Waals surface area contributed by atoms with Gasteiger partial charge in [0.2, 0.25) is 5.91 Å². The molecule has 1 amide bonds. The maximum Gasteiger partial charge on any atom is 0.260 e. The number of aliphatic hydroxyl groups excluding tert-OH is 1. The summed E-state index contributed by atoms with van der Waals surface area (Å²) in [6.07, 6.45) is -2.78. The molecule has 1 aromatic rings. The molecule has 6 heteroatoms. The number of aliphatic hydroxyl groups is 1. The molecule has 0 saturated carbocycles. The van der Waals surface area contributed by atoms with Gasteiger partial charge in [0, 0.05) is 6.54 Å². The van der Waals surface area contributed by atoms with Crippen molar-refractivity contribution in [2.24, 2.45) is 0 Å². The van der Waals surface area contributed by atoms with Gasteiger partial charge in [-0.25, -0.2) is 8.78 Å². The molecule has 1 rings (SSSR count). The number of carbonyl (C=O) groups excluding carboxylic acids is 1. The quantitative estimate of drug-likeness (QED) is 0.774. The third-order valence-electron chi connectivity index (χ3n) is 2.72. The van der Waals surface area contributed by atoms with Crippen molar-refractivity contribution in [3.05, 3.63) is 35.9 Å². The fraction of sp³-hybridized carbons (Fsp3) is 0.462. The van der Waals surface area contributed by atoms with Crippen LogP contribution in [0.15, 0.2) is 30.3 Å². The molecule has 0 aliphatic carbocycles. The highest BCUT2D eigenvalue weighted by Gasteiger charge is 2.30. The molecule has 2 N–H and O–H groups in total. The third-order valence-corrected chi connectivity index (χ3v) is 2.72. The second kappa shape index (κ2) is 7.81. The number of nitrogens with zero attached hydrogens (tertiary/aromatic N) is 1. The first-order valence-electron chi connectivity index (χ1n) is 5.97. The number of hydrogen-bond acceptors (Lipinski definition) is 3. The van der Waals surface area contributed by atoms with E-state index in [2.05, 4.69) is 5.32 Å². The van der Waals surface area contributed by atoms with E-state index in [-0.39, 0.29) is 13.1 Å². The fourth-order valence-corrected chi connectivity index (χ4v) is 1.74. The van der Waals surface area contributed by atoms with Gasteiger partial charge in [-0.3, -0.25) is 4.79 Å². The molecule has 0 aromatic heterocycles. The number of hydrogen-bond donors (Lipinski definition) is 2. The minimum Gasteiger partial charge on any atom is -0.394 e. The van der Waals surface area contributed by atoms with E-state index in [1.54, 1.807) is 37.4 Å². The lowest BCUT2D eigenvalue weighted by molar-refractivity contribution is -0.138. The molecule has 1 aromatic carbocycles. The minimum atomic E-state index is -2.78. The summed E-state index contributed by atoms with van der Waals surface area (Å²) in [4.78, 5) is 12.9. The average molecular weight is 272 g/mol. The van der Waals surface area contributed by atoms with Crippen LogP contribution in [-0.2, 0) is 11.3 Å². The van der Waals surface area contributed by atoms with E-state index in [1.165, 1.54) is 0 Å². The summed E-state index contributed by atoms with van der Waals surface area (Å²) in [5.41, 5.74) is 0.742. The summed E-state index contributed by atoms with van der Waals surface area (Å²) in [5.74, 6) is -0.467. The molecular formula is C13H18F2N2O2. The van der Waals surface area contributed by atoms with Crippen LogP contribution in [-0.4, -0.2) is 48.6 Å². The van der Waals surface area contributed by atoms with Gasteiger partial charge in [0.1, 0.15) is 6.04 Å². The van der Waals surface area contributed by atoms with Gasteiger partial charge in [0.25, 0.3) is 6.43 Å². The van der Waals surface area contributed by atoms with Crippen molar-refractivity contribution in [3.63, 3.8) is 0 Å². The van der Waals surface area contributed by atoms with Gasteiger partial charge in [0.05, 0.1) is 13.2 Å². The molecular weight excluding hydrogens is 254 g/mol. The molecule has 0 heterocycles. The van der Waals surface area contributed by atoms with Crippen molar-refractivity contribution >= 4 is 5.91 Å². The molecule has 1 atom stereocenters. The predicted octanol–water partition coefficient (Wildman–Crippen LogP) is 0.861. The smallest absolute Gasteiger partial charge is 0.260 e. The minimum absolute atomic E-state index is 0.0456. The zero-order chi connectivity index (χ0) is 14.3. The van der Waals surface area contributed by atoms with Crippen LogP contribution in [0.4, 0.5) is 8.78 Å². The van der Waals surface area contributed by atoms with Crippen LogP contribution in [0.25, 0.3) is 0 Å². The van der Waals surface area contributed by atoms with E-state index in [0.717, 1.165) is 10.5 Å². The molecule has 0 saturated heterocycles. The van der Waals surface area contributed by atoms with Gasteiger partial charge in [0.15, 0.2) is 0 Å². The van der Waals surface area contributed by atoms with Gasteiger partial charge >= 0.3 is 0 Å². The standard InChI is InChI=1S/C13H18F2N2O2/c1-16-7-12(19)17(11(9-18)13(14)15)8-10-5-3-2-4-6-10/h2-6,11,13,16,18H,7-9H2,1H3. The molecule has 1 unspecified atom stereocenters. The predicted molar refractivity (Wildman–Crippen MR) is 67.8 cm³/mol. The van der Waals surface area contributed by atoms with E-state index in [1.807, 2.05) is 0 Å². The summed E-state index contributed by atoms with van der Waals surface area (Å²) < 4.78 is 25.8.